The number of carbonyl (C=O) groups is 2. The Morgan fingerprint density at radius 2 is 1.79 bits per heavy atom. The number of rotatable bonds is 7. The lowest BCUT2D eigenvalue weighted by Crippen LogP contribution is -2.46. The predicted molar refractivity (Wildman–Crippen MR) is 154 cm³/mol. The summed E-state index contributed by atoms with van der Waals surface area (Å²) in [6.07, 6.45) is 1.84. The van der Waals surface area contributed by atoms with Gasteiger partial charge in [-0.25, -0.2) is 9.78 Å². The minimum Gasteiger partial charge on any atom is -0.449 e. The second-order valence-electron chi connectivity index (χ2n) is 10.1. The van der Waals surface area contributed by atoms with Crippen LogP contribution in [0.5, 0.6) is 0 Å². The molecule has 3 aromatic rings. The fourth-order valence-corrected chi connectivity index (χ4v) is 5.15. The molecule has 1 aliphatic rings. The highest BCUT2D eigenvalue weighted by Crippen LogP contribution is 2.28. The summed E-state index contributed by atoms with van der Waals surface area (Å²) in [6, 6.07) is 16.6. The first-order valence-corrected chi connectivity index (χ1v) is 14.0. The maximum atomic E-state index is 13.2. The van der Waals surface area contributed by atoms with Gasteiger partial charge in [0, 0.05) is 65.5 Å². The summed E-state index contributed by atoms with van der Waals surface area (Å²) < 4.78 is 5.59. The van der Waals surface area contributed by atoms with E-state index < -0.39 is 11.6 Å². The number of hydrogen-bond donors (Lipinski definition) is 1. The lowest BCUT2D eigenvalue weighted by molar-refractivity contribution is 0.102. The lowest BCUT2D eigenvalue weighted by atomic mass is 10.1. The van der Waals surface area contributed by atoms with Crippen molar-refractivity contribution in [2.75, 3.05) is 46.3 Å². The largest absolute Gasteiger partial charge is 0.449 e. The van der Waals surface area contributed by atoms with Crippen molar-refractivity contribution in [2.45, 2.75) is 39.7 Å². The minimum absolute atomic E-state index is 0.208. The van der Waals surface area contributed by atoms with E-state index in [-0.39, 0.29) is 12.5 Å². The van der Waals surface area contributed by atoms with E-state index in [2.05, 4.69) is 20.2 Å². The van der Waals surface area contributed by atoms with Crippen LogP contribution in [0.15, 0.2) is 60.8 Å². The van der Waals surface area contributed by atoms with E-state index in [4.69, 9.17) is 4.74 Å². The molecule has 38 heavy (non-hydrogen) atoms. The zero-order valence-electron chi connectivity index (χ0n) is 22.4. The topological polar surface area (TPSA) is 87.7 Å². The number of aryl methyl sites for hydroxylation is 1. The molecule has 0 saturated carbocycles. The number of thioether (sulfide) groups is 1. The molecule has 3 heterocycles. The van der Waals surface area contributed by atoms with Gasteiger partial charge in [-0.1, -0.05) is 6.07 Å². The van der Waals surface area contributed by atoms with Gasteiger partial charge in [-0.15, -0.1) is 0 Å². The number of ether oxygens (including phenoxy) is 1. The van der Waals surface area contributed by atoms with Crippen molar-refractivity contribution in [3.05, 3.63) is 77.7 Å². The summed E-state index contributed by atoms with van der Waals surface area (Å²) in [5.41, 5.74) is 3.11. The smallest absolute Gasteiger partial charge is 0.414 e. The third-order valence-electron chi connectivity index (χ3n) is 6.12. The van der Waals surface area contributed by atoms with E-state index in [9.17, 15) is 9.59 Å². The SMILES string of the molecule is Cc1ccc(C(=O)Nc2ccc(N(C(=O)OCCc3ccccn3)C(C)(C)C)cc2)c(N2CCSCC2)n1. The Labute approximate surface area is 228 Å². The Kier molecular flexibility index (Phi) is 8.89. The van der Waals surface area contributed by atoms with E-state index in [1.165, 1.54) is 0 Å². The van der Waals surface area contributed by atoms with E-state index in [0.29, 0.717) is 23.4 Å². The van der Waals surface area contributed by atoms with Gasteiger partial charge in [0.2, 0.25) is 0 Å². The van der Waals surface area contributed by atoms with E-state index >= 15 is 0 Å². The summed E-state index contributed by atoms with van der Waals surface area (Å²) in [5, 5.41) is 2.99. The molecule has 0 atom stereocenters. The number of pyridine rings is 2. The Bertz CT molecular complexity index is 1240. The van der Waals surface area contributed by atoms with E-state index in [1.54, 1.807) is 23.2 Å². The van der Waals surface area contributed by atoms with Crippen LogP contribution in [-0.2, 0) is 11.2 Å². The van der Waals surface area contributed by atoms with Crippen molar-refractivity contribution < 1.29 is 14.3 Å². The van der Waals surface area contributed by atoms with Crippen LogP contribution in [0.2, 0.25) is 0 Å². The molecule has 1 aromatic carbocycles. The quantitative estimate of drug-likeness (QED) is 0.424. The van der Waals surface area contributed by atoms with Crippen LogP contribution in [0.25, 0.3) is 0 Å². The molecule has 4 rings (SSSR count). The number of benzene rings is 1. The number of anilines is 3. The second kappa shape index (κ2) is 12.3. The molecule has 1 aliphatic heterocycles. The van der Waals surface area contributed by atoms with Gasteiger partial charge < -0.3 is 15.0 Å². The highest BCUT2D eigenvalue weighted by atomic mass is 32.2. The first-order chi connectivity index (χ1) is 18.2. The first kappa shape index (κ1) is 27.4. The average Bonchev–Trinajstić information content (AvgIpc) is 2.90. The summed E-state index contributed by atoms with van der Waals surface area (Å²) >= 11 is 1.92. The van der Waals surface area contributed by atoms with Crippen LogP contribution in [0.3, 0.4) is 0 Å². The van der Waals surface area contributed by atoms with Crippen molar-refractivity contribution in [1.82, 2.24) is 9.97 Å². The van der Waals surface area contributed by atoms with Crippen LogP contribution in [0, 0.1) is 6.92 Å². The molecule has 1 fully saturated rings. The Morgan fingerprint density at radius 3 is 2.45 bits per heavy atom. The third kappa shape index (κ3) is 7.04. The number of hydrogen-bond acceptors (Lipinski definition) is 7. The summed E-state index contributed by atoms with van der Waals surface area (Å²) in [4.78, 5) is 39.0. The maximum Gasteiger partial charge on any atom is 0.414 e. The molecule has 9 heteroatoms. The number of amides is 2. The monoisotopic (exact) mass is 533 g/mol. The van der Waals surface area contributed by atoms with Crippen LogP contribution in [0.4, 0.5) is 22.0 Å². The maximum absolute atomic E-state index is 13.2. The molecule has 1 saturated heterocycles. The van der Waals surface area contributed by atoms with Gasteiger partial charge in [-0.05, 0) is 76.2 Å². The Balaban J connectivity index is 1.44. The number of nitrogens with zero attached hydrogens (tertiary/aromatic N) is 4. The van der Waals surface area contributed by atoms with Gasteiger partial charge in [-0.3, -0.25) is 14.7 Å². The molecular formula is C29H35N5O3S. The molecule has 200 valence electrons. The molecule has 2 amide bonds. The minimum atomic E-state index is -0.512. The first-order valence-electron chi connectivity index (χ1n) is 12.8. The van der Waals surface area contributed by atoms with Crippen LogP contribution < -0.4 is 15.1 Å². The van der Waals surface area contributed by atoms with Gasteiger partial charge in [0.25, 0.3) is 5.91 Å². The van der Waals surface area contributed by atoms with Gasteiger partial charge in [-0.2, -0.15) is 11.8 Å². The number of aromatic nitrogens is 2. The Hall–Kier alpha value is -3.59. The Morgan fingerprint density at radius 1 is 1.05 bits per heavy atom. The fourth-order valence-electron chi connectivity index (χ4n) is 4.25. The van der Waals surface area contributed by atoms with Crippen molar-refractivity contribution in [1.29, 1.82) is 0 Å². The molecule has 8 nitrogen and oxygen atoms in total. The normalized spacial score (nSPS) is 13.6. The molecule has 0 aliphatic carbocycles. The molecular weight excluding hydrogens is 498 g/mol. The van der Waals surface area contributed by atoms with Gasteiger partial charge >= 0.3 is 6.09 Å². The zero-order valence-corrected chi connectivity index (χ0v) is 23.3. The molecule has 1 N–H and O–H groups in total. The van der Waals surface area contributed by atoms with Crippen LogP contribution >= 0.6 is 11.8 Å². The van der Waals surface area contributed by atoms with Crippen molar-refractivity contribution in [2.24, 2.45) is 0 Å². The molecule has 0 unspecified atom stereocenters. The summed E-state index contributed by atoms with van der Waals surface area (Å²) in [5.74, 6) is 2.56. The van der Waals surface area contributed by atoms with Gasteiger partial charge in [0.1, 0.15) is 5.82 Å². The zero-order chi connectivity index (χ0) is 27.1. The predicted octanol–water partition coefficient (Wildman–Crippen LogP) is 5.57. The van der Waals surface area contributed by atoms with E-state index in [0.717, 1.165) is 41.8 Å². The van der Waals surface area contributed by atoms with Crippen LogP contribution in [-0.4, -0.2) is 58.7 Å². The number of carbonyl (C=O) groups excluding carboxylic acids is 2. The number of nitrogens with one attached hydrogen (secondary N) is 1. The highest BCUT2D eigenvalue weighted by Gasteiger charge is 2.29. The average molecular weight is 534 g/mol. The van der Waals surface area contributed by atoms with Crippen molar-refractivity contribution >= 4 is 41.0 Å². The summed E-state index contributed by atoms with van der Waals surface area (Å²) in [7, 11) is 0. The summed E-state index contributed by atoms with van der Waals surface area (Å²) in [6.45, 7) is 9.77. The molecule has 0 radical (unpaired) electrons. The standard InChI is InChI=1S/C29H35N5O3S/c1-21-8-13-25(26(31-21)33-16-19-38-20-17-33)27(35)32-23-9-11-24(12-10-23)34(29(2,3)4)28(36)37-18-14-22-7-5-6-15-30-22/h5-13,15H,14,16-20H2,1-4H3,(H,32,35). The lowest BCUT2D eigenvalue weighted by Gasteiger charge is -2.34. The van der Waals surface area contributed by atoms with Gasteiger partial charge in [0.15, 0.2) is 0 Å². The third-order valence-corrected chi connectivity index (χ3v) is 7.06. The van der Waals surface area contributed by atoms with Crippen molar-refractivity contribution in [3.8, 4) is 0 Å². The molecule has 0 spiro atoms. The highest BCUT2D eigenvalue weighted by molar-refractivity contribution is 7.99. The van der Waals surface area contributed by atoms with Gasteiger partial charge in [0.05, 0.1) is 12.2 Å². The second-order valence-corrected chi connectivity index (χ2v) is 11.3. The van der Waals surface area contributed by atoms with E-state index in [1.807, 2.05) is 81.9 Å². The molecule has 2 aromatic heterocycles. The fraction of sp³-hybridized carbons (Fsp3) is 0.379. The van der Waals surface area contributed by atoms with Crippen molar-refractivity contribution in [3.63, 3.8) is 0 Å². The van der Waals surface area contributed by atoms with Crippen LogP contribution in [0.1, 0.15) is 42.5 Å². The molecule has 0 bridgehead atoms.